The molecule has 3 heterocycles. The van der Waals surface area contributed by atoms with Gasteiger partial charge in [0.15, 0.2) is 5.82 Å². The van der Waals surface area contributed by atoms with Crippen LogP contribution in [0.25, 0.3) is 11.4 Å². The fraction of sp³-hybridized carbons (Fsp3) is 0.286. The molecule has 3 rings (SSSR count). The fourth-order valence-electron chi connectivity index (χ4n) is 2.22. The van der Waals surface area contributed by atoms with Gasteiger partial charge in [-0.3, -0.25) is 4.98 Å². The SMILES string of the molecule is N#Cc1cc(N2CCCC2)nc(-c2cccnc2)n1. The quantitative estimate of drug-likeness (QED) is 0.816. The third-order valence-electron chi connectivity index (χ3n) is 3.18. The summed E-state index contributed by atoms with van der Waals surface area (Å²) in [6.07, 6.45) is 5.77. The molecule has 1 saturated heterocycles. The van der Waals surface area contributed by atoms with Crippen molar-refractivity contribution in [2.45, 2.75) is 12.8 Å². The highest BCUT2D eigenvalue weighted by Crippen LogP contribution is 2.22. The Morgan fingerprint density at radius 1 is 1.21 bits per heavy atom. The standard InChI is InChI=1S/C14H13N5/c15-9-12-8-13(19-6-1-2-7-19)18-14(17-12)11-4-3-5-16-10-11/h3-5,8,10H,1-2,6-7H2. The Labute approximate surface area is 111 Å². The highest BCUT2D eigenvalue weighted by atomic mass is 15.2. The van der Waals surface area contributed by atoms with E-state index in [1.807, 2.05) is 12.1 Å². The zero-order valence-corrected chi connectivity index (χ0v) is 10.5. The lowest BCUT2D eigenvalue weighted by Gasteiger charge is -2.16. The monoisotopic (exact) mass is 251 g/mol. The molecule has 0 saturated carbocycles. The lowest BCUT2D eigenvalue weighted by molar-refractivity contribution is 0.927. The van der Waals surface area contributed by atoms with E-state index in [1.54, 1.807) is 18.5 Å². The number of nitrogens with zero attached hydrogens (tertiary/aromatic N) is 5. The number of pyridine rings is 1. The maximum Gasteiger partial charge on any atom is 0.164 e. The Kier molecular flexibility index (Phi) is 3.07. The molecule has 0 aromatic carbocycles. The van der Waals surface area contributed by atoms with E-state index in [4.69, 9.17) is 5.26 Å². The van der Waals surface area contributed by atoms with E-state index in [1.165, 1.54) is 12.8 Å². The normalized spacial score (nSPS) is 14.4. The van der Waals surface area contributed by atoms with Crippen LogP contribution in [0.4, 0.5) is 5.82 Å². The number of anilines is 1. The van der Waals surface area contributed by atoms with Crippen molar-refractivity contribution < 1.29 is 0 Å². The summed E-state index contributed by atoms with van der Waals surface area (Å²) in [6, 6.07) is 7.60. The van der Waals surface area contributed by atoms with Gasteiger partial charge in [0, 0.05) is 37.1 Å². The van der Waals surface area contributed by atoms with E-state index in [0.29, 0.717) is 11.5 Å². The molecule has 1 aliphatic heterocycles. The second-order valence-electron chi connectivity index (χ2n) is 4.48. The molecule has 5 heteroatoms. The number of hydrogen-bond acceptors (Lipinski definition) is 5. The summed E-state index contributed by atoms with van der Waals surface area (Å²) in [7, 11) is 0. The summed E-state index contributed by atoms with van der Waals surface area (Å²) in [6.45, 7) is 1.99. The third kappa shape index (κ3) is 2.38. The van der Waals surface area contributed by atoms with Crippen molar-refractivity contribution in [1.82, 2.24) is 15.0 Å². The molecule has 0 spiro atoms. The van der Waals surface area contributed by atoms with Crippen LogP contribution in [0.15, 0.2) is 30.6 Å². The van der Waals surface area contributed by atoms with E-state index in [9.17, 15) is 0 Å². The van der Waals surface area contributed by atoms with Crippen LogP contribution in [0.1, 0.15) is 18.5 Å². The maximum absolute atomic E-state index is 9.10. The van der Waals surface area contributed by atoms with Crippen LogP contribution in [0.3, 0.4) is 0 Å². The first kappa shape index (κ1) is 11.6. The summed E-state index contributed by atoms with van der Waals surface area (Å²) in [5, 5.41) is 9.10. The summed E-state index contributed by atoms with van der Waals surface area (Å²) in [4.78, 5) is 15.1. The van der Waals surface area contributed by atoms with E-state index in [0.717, 1.165) is 24.5 Å². The lowest BCUT2D eigenvalue weighted by atomic mass is 10.2. The average molecular weight is 251 g/mol. The van der Waals surface area contributed by atoms with Gasteiger partial charge in [-0.25, -0.2) is 9.97 Å². The van der Waals surface area contributed by atoms with Crippen LogP contribution in [-0.2, 0) is 0 Å². The first-order chi connectivity index (χ1) is 9.36. The van der Waals surface area contributed by atoms with Crippen molar-refractivity contribution >= 4 is 5.82 Å². The summed E-state index contributed by atoms with van der Waals surface area (Å²) >= 11 is 0. The molecule has 0 aliphatic carbocycles. The van der Waals surface area contributed by atoms with Gasteiger partial charge in [0.25, 0.3) is 0 Å². The van der Waals surface area contributed by atoms with Gasteiger partial charge in [-0.2, -0.15) is 5.26 Å². The zero-order valence-electron chi connectivity index (χ0n) is 10.5. The number of hydrogen-bond donors (Lipinski definition) is 0. The second kappa shape index (κ2) is 5.02. The Bertz CT molecular complexity index is 611. The van der Waals surface area contributed by atoms with Gasteiger partial charge in [-0.15, -0.1) is 0 Å². The molecule has 0 radical (unpaired) electrons. The van der Waals surface area contributed by atoms with Crippen molar-refractivity contribution in [1.29, 1.82) is 5.26 Å². The molecule has 2 aromatic heterocycles. The molecule has 1 aliphatic rings. The Balaban J connectivity index is 2.05. The largest absolute Gasteiger partial charge is 0.356 e. The van der Waals surface area contributed by atoms with Gasteiger partial charge in [0.2, 0.25) is 0 Å². The first-order valence-electron chi connectivity index (χ1n) is 6.31. The molecule has 5 nitrogen and oxygen atoms in total. The van der Waals surface area contributed by atoms with Gasteiger partial charge in [-0.1, -0.05) is 0 Å². The minimum absolute atomic E-state index is 0.399. The molecule has 2 aromatic rings. The van der Waals surface area contributed by atoms with Gasteiger partial charge >= 0.3 is 0 Å². The zero-order chi connectivity index (χ0) is 13.1. The molecule has 94 valence electrons. The predicted molar refractivity (Wildman–Crippen MR) is 71.4 cm³/mol. The first-order valence-corrected chi connectivity index (χ1v) is 6.31. The molecule has 0 amide bonds. The molecule has 0 N–H and O–H groups in total. The van der Waals surface area contributed by atoms with Crippen LogP contribution in [0, 0.1) is 11.3 Å². The smallest absolute Gasteiger partial charge is 0.164 e. The van der Waals surface area contributed by atoms with Crippen molar-refractivity contribution in [3.63, 3.8) is 0 Å². The van der Waals surface area contributed by atoms with Gasteiger partial charge in [0.1, 0.15) is 17.6 Å². The second-order valence-corrected chi connectivity index (χ2v) is 4.48. The highest BCUT2D eigenvalue weighted by molar-refractivity contribution is 5.58. The third-order valence-corrected chi connectivity index (χ3v) is 3.18. The van der Waals surface area contributed by atoms with Gasteiger partial charge in [0.05, 0.1) is 0 Å². The van der Waals surface area contributed by atoms with Crippen molar-refractivity contribution in [2.24, 2.45) is 0 Å². The van der Waals surface area contributed by atoms with Gasteiger partial charge in [-0.05, 0) is 25.0 Å². The Morgan fingerprint density at radius 2 is 2.05 bits per heavy atom. The van der Waals surface area contributed by atoms with E-state index in [-0.39, 0.29) is 0 Å². The van der Waals surface area contributed by atoms with Crippen molar-refractivity contribution in [3.8, 4) is 17.5 Å². The number of aromatic nitrogens is 3. The minimum Gasteiger partial charge on any atom is -0.356 e. The topological polar surface area (TPSA) is 65.7 Å². The van der Waals surface area contributed by atoms with Crippen molar-refractivity contribution in [2.75, 3.05) is 18.0 Å². The van der Waals surface area contributed by atoms with Crippen LogP contribution in [0.5, 0.6) is 0 Å². The molecule has 0 unspecified atom stereocenters. The minimum atomic E-state index is 0.399. The molecular weight excluding hydrogens is 238 g/mol. The van der Waals surface area contributed by atoms with Crippen LogP contribution in [0.2, 0.25) is 0 Å². The van der Waals surface area contributed by atoms with Crippen LogP contribution < -0.4 is 4.90 Å². The molecule has 0 atom stereocenters. The Hall–Kier alpha value is -2.48. The fourth-order valence-corrected chi connectivity index (χ4v) is 2.22. The average Bonchev–Trinajstić information content (AvgIpc) is 3.02. The summed E-state index contributed by atoms with van der Waals surface area (Å²) in [5.74, 6) is 1.40. The van der Waals surface area contributed by atoms with E-state index >= 15 is 0 Å². The Morgan fingerprint density at radius 3 is 2.74 bits per heavy atom. The van der Waals surface area contributed by atoms with Gasteiger partial charge < -0.3 is 4.90 Å². The highest BCUT2D eigenvalue weighted by Gasteiger charge is 2.16. The molecular formula is C14H13N5. The van der Waals surface area contributed by atoms with Crippen molar-refractivity contribution in [3.05, 3.63) is 36.3 Å². The van der Waals surface area contributed by atoms with E-state index in [2.05, 4.69) is 25.9 Å². The van der Waals surface area contributed by atoms with Crippen LogP contribution >= 0.6 is 0 Å². The summed E-state index contributed by atoms with van der Waals surface area (Å²) in [5.41, 5.74) is 1.23. The number of nitriles is 1. The molecule has 1 fully saturated rings. The van der Waals surface area contributed by atoms with Crippen LogP contribution in [-0.4, -0.2) is 28.0 Å². The number of rotatable bonds is 2. The van der Waals surface area contributed by atoms with E-state index < -0.39 is 0 Å². The summed E-state index contributed by atoms with van der Waals surface area (Å²) < 4.78 is 0. The maximum atomic E-state index is 9.10. The lowest BCUT2D eigenvalue weighted by Crippen LogP contribution is -2.19. The predicted octanol–water partition coefficient (Wildman–Crippen LogP) is 2.01. The molecule has 19 heavy (non-hydrogen) atoms. The molecule has 0 bridgehead atoms.